The van der Waals surface area contributed by atoms with Crippen LogP contribution in [0.25, 0.3) is 0 Å². The van der Waals surface area contributed by atoms with Gasteiger partial charge in [-0.25, -0.2) is 8.42 Å². The molecule has 2 aromatic rings. The highest BCUT2D eigenvalue weighted by molar-refractivity contribution is 7.91. The van der Waals surface area contributed by atoms with Crippen LogP contribution < -0.4 is 11.1 Å². The van der Waals surface area contributed by atoms with Crippen LogP contribution in [-0.4, -0.2) is 24.0 Å². The first-order chi connectivity index (χ1) is 8.48. The van der Waals surface area contributed by atoms with E-state index in [2.05, 4.69) is 14.7 Å². The Labute approximate surface area is 109 Å². The Morgan fingerprint density at radius 3 is 2.67 bits per heavy atom. The van der Waals surface area contributed by atoms with Crippen LogP contribution in [0.3, 0.4) is 0 Å². The normalized spacial score (nSPS) is 11.4. The summed E-state index contributed by atoms with van der Waals surface area (Å²) in [5.74, 6) is 0.0414. The molecular weight excluding hydrogens is 272 g/mol. The highest BCUT2D eigenvalue weighted by Gasteiger charge is 2.20. The summed E-state index contributed by atoms with van der Waals surface area (Å²) in [6.45, 7) is 0.493. The lowest BCUT2D eigenvalue weighted by Gasteiger charge is -2.05. The summed E-state index contributed by atoms with van der Waals surface area (Å²) in [5, 5.41) is 3.49. The summed E-state index contributed by atoms with van der Waals surface area (Å²) in [4.78, 5) is 3.98. The number of nitrogens with zero attached hydrogens (tertiary/aromatic N) is 2. The van der Waals surface area contributed by atoms with Crippen molar-refractivity contribution in [2.45, 2.75) is 11.4 Å². The average Bonchev–Trinajstić information content (AvgIpc) is 2.69. The smallest absolute Gasteiger partial charge is 0.182 e. The van der Waals surface area contributed by atoms with Gasteiger partial charge in [-0.05, 0) is 29.2 Å². The van der Waals surface area contributed by atoms with Gasteiger partial charge in [-0.3, -0.25) is 4.98 Å². The molecule has 18 heavy (non-hydrogen) atoms. The maximum absolute atomic E-state index is 11.6. The summed E-state index contributed by atoms with van der Waals surface area (Å²) in [6, 6.07) is 3.69. The Morgan fingerprint density at radius 1 is 1.39 bits per heavy atom. The Bertz CT molecular complexity index is 637. The number of nitrogens with one attached hydrogen (secondary N) is 1. The third kappa shape index (κ3) is 2.77. The molecule has 0 aromatic carbocycles. The van der Waals surface area contributed by atoms with E-state index in [1.54, 1.807) is 12.4 Å². The minimum absolute atomic E-state index is 0.0414. The van der Waals surface area contributed by atoms with Gasteiger partial charge in [0.15, 0.2) is 15.7 Å². The van der Waals surface area contributed by atoms with Crippen molar-refractivity contribution in [1.29, 1.82) is 0 Å². The van der Waals surface area contributed by atoms with Gasteiger partial charge in [-0.1, -0.05) is 0 Å². The molecule has 2 aromatic heterocycles. The molecule has 0 radical (unpaired) electrons. The van der Waals surface area contributed by atoms with Gasteiger partial charge in [0.1, 0.15) is 9.90 Å². The Kier molecular flexibility index (Phi) is 3.48. The number of hydrogen-bond acceptors (Lipinski definition) is 7. The predicted octanol–water partition coefficient (Wildman–Crippen LogP) is 1.14. The summed E-state index contributed by atoms with van der Waals surface area (Å²) in [5.41, 5.74) is 6.56. The van der Waals surface area contributed by atoms with Crippen molar-refractivity contribution >= 4 is 32.2 Å². The molecule has 0 aliphatic heterocycles. The van der Waals surface area contributed by atoms with Gasteiger partial charge in [0, 0.05) is 25.2 Å². The number of rotatable bonds is 4. The summed E-state index contributed by atoms with van der Waals surface area (Å²) in [6.07, 6.45) is 4.47. The third-order valence-corrected chi connectivity index (χ3v) is 4.35. The van der Waals surface area contributed by atoms with E-state index in [4.69, 9.17) is 5.73 Å². The van der Waals surface area contributed by atoms with Crippen LogP contribution in [0.4, 0.5) is 10.8 Å². The molecule has 3 N–H and O–H groups in total. The molecule has 0 aliphatic rings. The molecule has 0 saturated heterocycles. The van der Waals surface area contributed by atoms with Crippen molar-refractivity contribution in [1.82, 2.24) is 9.36 Å². The maximum atomic E-state index is 11.6. The van der Waals surface area contributed by atoms with Crippen LogP contribution in [-0.2, 0) is 16.4 Å². The van der Waals surface area contributed by atoms with Crippen LogP contribution in [0.2, 0.25) is 0 Å². The minimum atomic E-state index is -3.38. The molecule has 0 amide bonds. The van der Waals surface area contributed by atoms with Gasteiger partial charge in [-0.15, -0.1) is 0 Å². The molecule has 0 bridgehead atoms. The lowest BCUT2D eigenvalue weighted by molar-refractivity contribution is 0.602. The molecule has 96 valence electrons. The molecule has 8 heteroatoms. The fraction of sp³-hybridized carbons (Fsp3) is 0.200. The van der Waals surface area contributed by atoms with Gasteiger partial charge in [-0.2, -0.15) is 4.37 Å². The molecule has 0 atom stereocenters. The molecule has 6 nitrogen and oxygen atoms in total. The predicted molar refractivity (Wildman–Crippen MR) is 71.2 cm³/mol. The highest BCUT2D eigenvalue weighted by atomic mass is 32.2. The summed E-state index contributed by atoms with van der Waals surface area (Å²) >= 11 is 1.04. The first-order valence-electron chi connectivity index (χ1n) is 5.06. The maximum Gasteiger partial charge on any atom is 0.182 e. The van der Waals surface area contributed by atoms with Crippen molar-refractivity contribution in [3.8, 4) is 0 Å². The average molecular weight is 284 g/mol. The van der Waals surface area contributed by atoms with Crippen molar-refractivity contribution in [2.24, 2.45) is 0 Å². The van der Waals surface area contributed by atoms with Crippen LogP contribution in [0.5, 0.6) is 0 Å². The van der Waals surface area contributed by atoms with E-state index in [0.29, 0.717) is 11.5 Å². The van der Waals surface area contributed by atoms with Crippen LogP contribution >= 0.6 is 11.5 Å². The zero-order valence-corrected chi connectivity index (χ0v) is 11.3. The topological polar surface area (TPSA) is 98.0 Å². The number of nitrogen functional groups attached to an aromatic ring is 1. The van der Waals surface area contributed by atoms with Gasteiger partial charge >= 0.3 is 0 Å². The number of aromatic nitrogens is 2. The van der Waals surface area contributed by atoms with Gasteiger partial charge in [0.05, 0.1) is 0 Å². The van der Waals surface area contributed by atoms with Crippen LogP contribution in [0.1, 0.15) is 5.56 Å². The Morgan fingerprint density at radius 2 is 2.06 bits per heavy atom. The second kappa shape index (κ2) is 4.91. The van der Waals surface area contributed by atoms with E-state index in [9.17, 15) is 8.42 Å². The second-order valence-corrected chi connectivity index (χ2v) is 6.43. The van der Waals surface area contributed by atoms with Crippen molar-refractivity contribution in [3.63, 3.8) is 0 Å². The quantitative estimate of drug-likeness (QED) is 0.873. The monoisotopic (exact) mass is 284 g/mol. The number of pyridine rings is 1. The molecule has 0 fully saturated rings. The number of anilines is 2. The molecule has 0 unspecified atom stereocenters. The van der Waals surface area contributed by atoms with Crippen LogP contribution in [0, 0.1) is 0 Å². The standard InChI is InChI=1S/C10H12N4O2S2/c1-18(15,16)8-9(11)14-17-10(8)13-6-7-2-4-12-5-3-7/h2-5,13H,6H2,1H3,(H2,11,14). The molecular formula is C10H12N4O2S2. The molecule has 2 heterocycles. The fourth-order valence-corrected chi connectivity index (χ4v) is 3.51. The van der Waals surface area contributed by atoms with Gasteiger partial charge in [0.2, 0.25) is 0 Å². The summed E-state index contributed by atoms with van der Waals surface area (Å²) in [7, 11) is -3.38. The van der Waals surface area contributed by atoms with Crippen molar-refractivity contribution in [2.75, 3.05) is 17.3 Å². The second-order valence-electron chi connectivity index (χ2n) is 3.71. The van der Waals surface area contributed by atoms with E-state index in [-0.39, 0.29) is 10.7 Å². The zero-order valence-electron chi connectivity index (χ0n) is 9.62. The number of hydrogen-bond donors (Lipinski definition) is 2. The lowest BCUT2D eigenvalue weighted by atomic mass is 10.3. The van der Waals surface area contributed by atoms with E-state index in [1.807, 2.05) is 12.1 Å². The third-order valence-electron chi connectivity index (χ3n) is 2.25. The van der Waals surface area contributed by atoms with E-state index < -0.39 is 9.84 Å². The highest BCUT2D eigenvalue weighted by Crippen LogP contribution is 2.31. The van der Waals surface area contributed by atoms with Crippen molar-refractivity contribution in [3.05, 3.63) is 30.1 Å². The van der Waals surface area contributed by atoms with Crippen LogP contribution in [0.15, 0.2) is 29.4 Å². The molecule has 0 saturated carbocycles. The fourth-order valence-electron chi connectivity index (χ4n) is 1.45. The van der Waals surface area contributed by atoms with E-state index in [1.165, 1.54) is 0 Å². The Hall–Kier alpha value is -1.67. The van der Waals surface area contributed by atoms with Gasteiger partial charge in [0.25, 0.3) is 0 Å². The summed E-state index contributed by atoms with van der Waals surface area (Å²) < 4.78 is 27.0. The van der Waals surface area contributed by atoms with E-state index >= 15 is 0 Å². The van der Waals surface area contributed by atoms with E-state index in [0.717, 1.165) is 23.4 Å². The largest absolute Gasteiger partial charge is 0.382 e. The first kappa shape index (κ1) is 12.8. The number of nitrogens with two attached hydrogens (primary N) is 1. The number of sulfone groups is 1. The first-order valence-corrected chi connectivity index (χ1v) is 7.73. The SMILES string of the molecule is CS(=O)(=O)c1c(N)nsc1NCc1ccncc1. The minimum Gasteiger partial charge on any atom is -0.382 e. The van der Waals surface area contributed by atoms with Crippen molar-refractivity contribution < 1.29 is 8.42 Å². The molecule has 2 rings (SSSR count). The van der Waals surface area contributed by atoms with Gasteiger partial charge < -0.3 is 11.1 Å². The lowest BCUT2D eigenvalue weighted by Crippen LogP contribution is -2.05. The zero-order chi connectivity index (χ0) is 13.2. The molecule has 0 aliphatic carbocycles. The molecule has 0 spiro atoms. The Balaban J connectivity index is 2.21.